The predicted octanol–water partition coefficient (Wildman–Crippen LogP) is 5.58. The van der Waals surface area contributed by atoms with Crippen LogP contribution in [0, 0.1) is 18.8 Å². The summed E-state index contributed by atoms with van der Waals surface area (Å²) in [5, 5.41) is 0. The molecule has 2 aromatic carbocycles. The lowest BCUT2D eigenvalue weighted by molar-refractivity contribution is -0.122. The molecule has 5 rings (SSSR count). The summed E-state index contributed by atoms with van der Waals surface area (Å²) in [6.45, 7) is 9.17. The molecule has 4 aromatic rings. The van der Waals surface area contributed by atoms with Gasteiger partial charge in [0.15, 0.2) is 17.2 Å². The second-order valence-corrected chi connectivity index (χ2v) is 14.4. The van der Waals surface area contributed by atoms with Gasteiger partial charge in [-0.2, -0.15) is 0 Å². The van der Waals surface area contributed by atoms with E-state index >= 15 is 0 Å². The number of likely N-dealkylation sites (tertiary alicyclic amines) is 1. The summed E-state index contributed by atoms with van der Waals surface area (Å²) in [5.74, 6) is -0.938. The van der Waals surface area contributed by atoms with Gasteiger partial charge in [-0.25, -0.2) is 31.9 Å². The molecule has 1 aliphatic heterocycles. The van der Waals surface area contributed by atoms with Crippen molar-refractivity contribution >= 4 is 45.0 Å². The average Bonchev–Trinajstić information content (AvgIpc) is 3.67. The number of aromatic nitrogens is 3. The Morgan fingerprint density at radius 2 is 1.70 bits per heavy atom. The highest BCUT2D eigenvalue weighted by Crippen LogP contribution is 2.29. The molecule has 1 fully saturated rings. The van der Waals surface area contributed by atoms with Gasteiger partial charge >= 0.3 is 12.2 Å². The molecular weight excluding hydrogens is 622 g/mol. The number of benzene rings is 2. The Kier molecular flexibility index (Phi) is 9.66. The van der Waals surface area contributed by atoms with Crippen molar-refractivity contribution in [3.8, 4) is 0 Å². The van der Waals surface area contributed by atoms with Crippen LogP contribution >= 0.6 is 0 Å². The van der Waals surface area contributed by atoms with Crippen LogP contribution in [0.4, 0.5) is 15.4 Å². The van der Waals surface area contributed by atoms with Crippen molar-refractivity contribution in [3.63, 3.8) is 0 Å². The predicted molar refractivity (Wildman–Crippen MR) is 175 cm³/mol. The Balaban J connectivity index is 1.38. The number of Topliss-reactive ketones (excluding diaryl/α,β-unsaturated/α-hetero) is 1. The molecule has 2 amide bonds. The maximum Gasteiger partial charge on any atom is 0.416 e. The van der Waals surface area contributed by atoms with Crippen LogP contribution in [0.15, 0.2) is 78.0 Å². The zero-order chi connectivity index (χ0) is 33.9. The Hall–Kier alpha value is -4.78. The summed E-state index contributed by atoms with van der Waals surface area (Å²) in [5.41, 5.74) is 1.17. The first-order valence-electron chi connectivity index (χ1n) is 15.4. The van der Waals surface area contributed by atoms with Gasteiger partial charge in [0.05, 0.1) is 17.6 Å². The van der Waals surface area contributed by atoms with E-state index < -0.39 is 33.7 Å². The molecule has 0 unspecified atom stereocenters. The highest BCUT2D eigenvalue weighted by Gasteiger charge is 2.40. The molecule has 2 aromatic heterocycles. The number of amides is 2. The van der Waals surface area contributed by atoms with Crippen molar-refractivity contribution in [3.05, 3.63) is 84.2 Å². The molecular formula is C34H39N5O7S. The Labute approximate surface area is 274 Å². The fraction of sp³-hybridized carbons (Fsp3) is 0.382. The quantitative estimate of drug-likeness (QED) is 0.225. The second kappa shape index (κ2) is 13.5. The minimum Gasteiger partial charge on any atom is -0.445 e. The van der Waals surface area contributed by atoms with E-state index in [0.29, 0.717) is 13.0 Å². The normalized spacial score (nSPS) is 16.7. The van der Waals surface area contributed by atoms with Gasteiger partial charge in [-0.05, 0) is 57.4 Å². The molecule has 0 spiro atoms. The van der Waals surface area contributed by atoms with Crippen LogP contribution in [-0.2, 0) is 30.9 Å². The van der Waals surface area contributed by atoms with Crippen molar-refractivity contribution in [2.45, 2.75) is 58.1 Å². The molecule has 0 N–H and O–H groups in total. The third-order valence-corrected chi connectivity index (χ3v) is 9.65. The molecule has 1 saturated heterocycles. The monoisotopic (exact) mass is 661 g/mol. The fourth-order valence-corrected chi connectivity index (χ4v) is 6.76. The number of carbonyl (C=O) groups excluding carboxylic acids is 3. The van der Waals surface area contributed by atoms with Crippen LogP contribution in [0.3, 0.4) is 0 Å². The van der Waals surface area contributed by atoms with E-state index in [1.54, 1.807) is 32.9 Å². The summed E-state index contributed by atoms with van der Waals surface area (Å²) in [7, 11) is -3.97. The molecule has 0 aliphatic carbocycles. The molecule has 3 heterocycles. The lowest BCUT2D eigenvalue weighted by Gasteiger charge is -2.27. The van der Waals surface area contributed by atoms with Gasteiger partial charge in [-0.3, -0.25) is 9.69 Å². The van der Waals surface area contributed by atoms with E-state index in [9.17, 15) is 22.8 Å². The SMILES string of the molecule is CC[C@H]1CN(C(=O)OCc2ccccc2)C[C@H]1C(=O)CN(C(=O)OC(C)(C)C)c1cnc2c(ccn2S(=O)(=O)c2ccc(C)cc2)n1. The molecule has 0 saturated carbocycles. The maximum atomic E-state index is 13.8. The number of carbonyl (C=O) groups is 3. The number of ketones is 1. The lowest BCUT2D eigenvalue weighted by atomic mass is 9.90. The fourth-order valence-electron chi connectivity index (χ4n) is 5.46. The topological polar surface area (TPSA) is 141 Å². The highest BCUT2D eigenvalue weighted by atomic mass is 32.2. The van der Waals surface area contributed by atoms with Crippen molar-refractivity contribution in [2.24, 2.45) is 11.8 Å². The van der Waals surface area contributed by atoms with E-state index in [-0.39, 0.29) is 53.3 Å². The van der Waals surface area contributed by atoms with Crippen molar-refractivity contribution in [1.29, 1.82) is 0 Å². The van der Waals surface area contributed by atoms with Gasteiger partial charge < -0.3 is 14.4 Å². The van der Waals surface area contributed by atoms with Crippen LogP contribution < -0.4 is 4.90 Å². The second-order valence-electron chi connectivity index (χ2n) is 12.6. The summed E-state index contributed by atoms with van der Waals surface area (Å²) in [4.78, 5) is 51.8. The standard InChI is InChI=1S/C34H39N5O7S/c1-6-25-19-37(32(41)45-22-24-10-8-7-9-11-24)20-27(25)29(40)21-38(33(42)46-34(3,4)5)30-18-35-31-28(36-30)16-17-39(31)47(43,44)26-14-12-23(2)13-15-26/h7-18,25,27H,6,19-22H2,1-5H3/t25-,27+/m0/s1. The summed E-state index contributed by atoms with van der Waals surface area (Å²) >= 11 is 0. The maximum absolute atomic E-state index is 13.8. The minimum absolute atomic E-state index is 0.0238. The summed E-state index contributed by atoms with van der Waals surface area (Å²) in [6, 6.07) is 17.3. The first-order chi connectivity index (χ1) is 22.3. The lowest BCUT2D eigenvalue weighted by Crippen LogP contribution is -2.43. The van der Waals surface area contributed by atoms with Gasteiger partial charge in [0.1, 0.15) is 17.7 Å². The number of aryl methyl sites for hydroxylation is 1. The van der Waals surface area contributed by atoms with E-state index in [1.165, 1.54) is 35.5 Å². The third-order valence-electron chi connectivity index (χ3n) is 7.97. The molecule has 13 heteroatoms. The van der Waals surface area contributed by atoms with Gasteiger partial charge in [0.2, 0.25) is 0 Å². The number of hydrogen-bond acceptors (Lipinski definition) is 9. The van der Waals surface area contributed by atoms with Crippen molar-refractivity contribution in [2.75, 3.05) is 24.5 Å². The number of anilines is 1. The first kappa shape index (κ1) is 33.6. The minimum atomic E-state index is -3.97. The summed E-state index contributed by atoms with van der Waals surface area (Å²) < 4.78 is 38.9. The number of ether oxygens (including phenoxy) is 2. The Morgan fingerprint density at radius 1 is 1.00 bits per heavy atom. The molecule has 248 valence electrons. The van der Waals surface area contributed by atoms with Gasteiger partial charge in [-0.15, -0.1) is 0 Å². The molecule has 12 nitrogen and oxygen atoms in total. The molecule has 0 radical (unpaired) electrons. The Morgan fingerprint density at radius 3 is 2.36 bits per heavy atom. The van der Waals surface area contributed by atoms with E-state index in [2.05, 4.69) is 9.97 Å². The molecule has 0 bridgehead atoms. The molecule has 47 heavy (non-hydrogen) atoms. The van der Waals surface area contributed by atoms with Crippen molar-refractivity contribution in [1.82, 2.24) is 18.8 Å². The van der Waals surface area contributed by atoms with E-state index in [1.807, 2.05) is 44.2 Å². The largest absolute Gasteiger partial charge is 0.445 e. The van der Waals surface area contributed by atoms with E-state index in [0.717, 1.165) is 20.0 Å². The smallest absolute Gasteiger partial charge is 0.416 e. The number of nitrogens with zero attached hydrogens (tertiary/aromatic N) is 5. The Bertz CT molecular complexity index is 1870. The number of hydrogen-bond donors (Lipinski definition) is 0. The molecule has 2 atom stereocenters. The van der Waals surface area contributed by atoms with Crippen molar-refractivity contribution < 1.29 is 32.3 Å². The first-order valence-corrected chi connectivity index (χ1v) is 16.9. The zero-order valence-corrected chi connectivity index (χ0v) is 27.9. The van der Waals surface area contributed by atoms with Crippen LogP contribution in [0.5, 0.6) is 0 Å². The van der Waals surface area contributed by atoms with E-state index in [4.69, 9.17) is 9.47 Å². The van der Waals surface area contributed by atoms with Gasteiger partial charge in [0.25, 0.3) is 10.0 Å². The summed E-state index contributed by atoms with van der Waals surface area (Å²) in [6.07, 6.45) is 1.92. The van der Waals surface area contributed by atoms with Crippen LogP contribution in [0.25, 0.3) is 11.2 Å². The van der Waals surface area contributed by atoms with Crippen LogP contribution in [-0.4, -0.2) is 70.5 Å². The van der Waals surface area contributed by atoms with Gasteiger partial charge in [0, 0.05) is 25.2 Å². The highest BCUT2D eigenvalue weighted by molar-refractivity contribution is 7.90. The molecule has 1 aliphatic rings. The van der Waals surface area contributed by atoms with Crippen LogP contribution in [0.2, 0.25) is 0 Å². The van der Waals surface area contributed by atoms with Crippen LogP contribution in [0.1, 0.15) is 45.2 Å². The zero-order valence-electron chi connectivity index (χ0n) is 27.1. The number of fused-ring (bicyclic) bond motifs is 1. The average molecular weight is 662 g/mol. The third kappa shape index (κ3) is 7.62. The number of rotatable bonds is 9. The van der Waals surface area contributed by atoms with Gasteiger partial charge in [-0.1, -0.05) is 61.4 Å².